The second-order valence-electron chi connectivity index (χ2n) is 4.81. The summed E-state index contributed by atoms with van der Waals surface area (Å²) in [5, 5.41) is 16.1. The predicted molar refractivity (Wildman–Crippen MR) is 70.7 cm³/mol. The van der Waals surface area contributed by atoms with E-state index in [4.69, 9.17) is 0 Å². The maximum absolute atomic E-state index is 12.0. The first-order valence-electron chi connectivity index (χ1n) is 6.38. The Kier molecular flexibility index (Phi) is 3.06. The lowest BCUT2D eigenvalue weighted by molar-refractivity contribution is -0.117. The third-order valence-electron chi connectivity index (χ3n) is 3.65. The smallest absolute Gasteiger partial charge is 0.242 e. The zero-order valence-electron chi connectivity index (χ0n) is 10.1. The number of fused-ring (bicyclic) bond motifs is 1. The number of thiophene rings is 1. The highest BCUT2D eigenvalue weighted by Crippen LogP contribution is 2.38. The van der Waals surface area contributed by atoms with E-state index in [0.29, 0.717) is 5.56 Å². The van der Waals surface area contributed by atoms with Crippen molar-refractivity contribution < 1.29 is 4.79 Å². The van der Waals surface area contributed by atoms with Gasteiger partial charge in [-0.2, -0.15) is 5.26 Å². The number of hydrogen-bond donors (Lipinski definition) is 2. The number of nitriles is 1. The lowest BCUT2D eigenvalue weighted by atomic mass is 10.1. The standard InChI is InChI=1S/C13H15N3OS/c14-7-9-8-3-1-5-11(8)18-13(9)16-12(17)10-4-2-6-15-10/h10,15H,1-6H2,(H,16,17)/t10-/m0/s1. The van der Waals surface area contributed by atoms with Crippen molar-refractivity contribution in [3.63, 3.8) is 0 Å². The third-order valence-corrected chi connectivity index (χ3v) is 4.85. The Morgan fingerprint density at radius 2 is 2.33 bits per heavy atom. The second-order valence-corrected chi connectivity index (χ2v) is 5.92. The molecule has 0 radical (unpaired) electrons. The van der Waals surface area contributed by atoms with E-state index in [2.05, 4.69) is 16.7 Å². The van der Waals surface area contributed by atoms with Crippen LogP contribution in [0.2, 0.25) is 0 Å². The fourth-order valence-corrected chi connectivity index (χ4v) is 3.96. The van der Waals surface area contributed by atoms with E-state index in [0.717, 1.165) is 49.2 Å². The molecule has 1 aromatic rings. The summed E-state index contributed by atoms with van der Waals surface area (Å²) in [4.78, 5) is 13.3. The van der Waals surface area contributed by atoms with Gasteiger partial charge in [-0.25, -0.2) is 0 Å². The van der Waals surface area contributed by atoms with Gasteiger partial charge in [-0.3, -0.25) is 4.79 Å². The molecule has 0 unspecified atom stereocenters. The molecule has 1 fully saturated rings. The summed E-state index contributed by atoms with van der Waals surface area (Å²) in [6.45, 7) is 0.907. The maximum atomic E-state index is 12.0. The largest absolute Gasteiger partial charge is 0.315 e. The Hall–Kier alpha value is -1.38. The molecule has 5 heteroatoms. The highest BCUT2D eigenvalue weighted by Gasteiger charge is 2.26. The van der Waals surface area contributed by atoms with E-state index in [1.165, 1.54) is 4.88 Å². The van der Waals surface area contributed by atoms with Crippen molar-refractivity contribution in [3.8, 4) is 6.07 Å². The summed E-state index contributed by atoms with van der Waals surface area (Å²) < 4.78 is 0. The highest BCUT2D eigenvalue weighted by molar-refractivity contribution is 7.16. The molecule has 0 bridgehead atoms. The molecule has 3 rings (SSSR count). The van der Waals surface area contributed by atoms with Crippen molar-refractivity contribution in [2.75, 3.05) is 11.9 Å². The molecule has 2 heterocycles. The van der Waals surface area contributed by atoms with Crippen LogP contribution < -0.4 is 10.6 Å². The van der Waals surface area contributed by atoms with E-state index < -0.39 is 0 Å². The van der Waals surface area contributed by atoms with Crippen LogP contribution in [0, 0.1) is 11.3 Å². The molecule has 18 heavy (non-hydrogen) atoms. The number of carbonyl (C=O) groups excluding carboxylic acids is 1. The minimum atomic E-state index is -0.0894. The number of hydrogen-bond acceptors (Lipinski definition) is 4. The van der Waals surface area contributed by atoms with Gasteiger partial charge >= 0.3 is 0 Å². The molecular formula is C13H15N3OS. The number of amides is 1. The molecule has 94 valence electrons. The summed E-state index contributed by atoms with van der Waals surface area (Å²) in [7, 11) is 0. The first-order valence-corrected chi connectivity index (χ1v) is 7.20. The molecular weight excluding hydrogens is 246 g/mol. The molecule has 1 amide bonds. The number of nitrogens with zero attached hydrogens (tertiary/aromatic N) is 1. The van der Waals surface area contributed by atoms with Gasteiger partial charge < -0.3 is 10.6 Å². The fourth-order valence-electron chi connectivity index (χ4n) is 2.72. The van der Waals surface area contributed by atoms with Crippen LogP contribution in [-0.2, 0) is 17.6 Å². The van der Waals surface area contributed by atoms with Gasteiger partial charge in [0, 0.05) is 4.88 Å². The van der Waals surface area contributed by atoms with E-state index in [-0.39, 0.29) is 11.9 Å². The Labute approximate surface area is 110 Å². The molecule has 1 saturated heterocycles. The van der Waals surface area contributed by atoms with Crippen LogP contribution in [0.1, 0.15) is 35.3 Å². The Morgan fingerprint density at radius 1 is 1.44 bits per heavy atom. The van der Waals surface area contributed by atoms with E-state index in [1.807, 2.05) is 0 Å². The summed E-state index contributed by atoms with van der Waals surface area (Å²) in [5.74, 6) is 0.00363. The van der Waals surface area contributed by atoms with Crippen molar-refractivity contribution in [1.29, 1.82) is 5.26 Å². The second kappa shape index (κ2) is 4.71. The van der Waals surface area contributed by atoms with Crippen molar-refractivity contribution in [3.05, 3.63) is 16.0 Å². The Bertz CT molecular complexity index is 523. The average molecular weight is 261 g/mol. The van der Waals surface area contributed by atoms with Crippen LogP contribution in [0.5, 0.6) is 0 Å². The minimum Gasteiger partial charge on any atom is -0.315 e. The van der Waals surface area contributed by atoms with Gasteiger partial charge in [0.15, 0.2) is 0 Å². The predicted octanol–water partition coefficient (Wildman–Crippen LogP) is 1.80. The van der Waals surface area contributed by atoms with Crippen LogP contribution in [-0.4, -0.2) is 18.5 Å². The summed E-state index contributed by atoms with van der Waals surface area (Å²) in [5.41, 5.74) is 1.86. The van der Waals surface area contributed by atoms with Crippen molar-refractivity contribution >= 4 is 22.2 Å². The fraction of sp³-hybridized carbons (Fsp3) is 0.538. The average Bonchev–Trinajstić information content (AvgIpc) is 3.04. The van der Waals surface area contributed by atoms with Crippen LogP contribution in [0.4, 0.5) is 5.00 Å². The maximum Gasteiger partial charge on any atom is 0.242 e. The normalized spacial score (nSPS) is 21.6. The molecule has 1 aromatic heterocycles. The first-order chi connectivity index (χ1) is 8.79. The van der Waals surface area contributed by atoms with E-state index in [9.17, 15) is 10.1 Å². The Balaban J connectivity index is 1.81. The lowest BCUT2D eigenvalue weighted by Crippen LogP contribution is -2.35. The van der Waals surface area contributed by atoms with Crippen molar-refractivity contribution in [2.45, 2.75) is 38.1 Å². The highest BCUT2D eigenvalue weighted by atomic mass is 32.1. The monoisotopic (exact) mass is 261 g/mol. The van der Waals surface area contributed by atoms with Crippen LogP contribution in [0.25, 0.3) is 0 Å². The number of nitrogens with one attached hydrogen (secondary N) is 2. The Morgan fingerprint density at radius 3 is 3.06 bits per heavy atom. The van der Waals surface area contributed by atoms with Gasteiger partial charge in [0.1, 0.15) is 11.1 Å². The topological polar surface area (TPSA) is 64.9 Å². The SMILES string of the molecule is N#Cc1c(NC(=O)[C@@H]2CCCN2)sc2c1CCC2. The van der Waals surface area contributed by atoms with Gasteiger partial charge in [0.05, 0.1) is 11.6 Å². The molecule has 4 nitrogen and oxygen atoms in total. The zero-order chi connectivity index (χ0) is 12.5. The third kappa shape index (κ3) is 1.92. The number of aryl methyl sites for hydroxylation is 1. The van der Waals surface area contributed by atoms with Gasteiger partial charge in [0.2, 0.25) is 5.91 Å². The van der Waals surface area contributed by atoms with E-state index in [1.54, 1.807) is 11.3 Å². The quantitative estimate of drug-likeness (QED) is 0.853. The molecule has 2 aliphatic rings. The number of carbonyl (C=O) groups is 1. The minimum absolute atomic E-state index is 0.00363. The summed E-state index contributed by atoms with van der Waals surface area (Å²) in [6.07, 6.45) is 5.09. The van der Waals surface area contributed by atoms with Gasteiger partial charge in [-0.05, 0) is 44.2 Å². The van der Waals surface area contributed by atoms with Crippen molar-refractivity contribution in [1.82, 2.24) is 5.32 Å². The number of rotatable bonds is 2. The van der Waals surface area contributed by atoms with Gasteiger partial charge in [-0.1, -0.05) is 0 Å². The van der Waals surface area contributed by atoms with Gasteiger partial charge in [0.25, 0.3) is 0 Å². The number of anilines is 1. The molecule has 1 atom stereocenters. The van der Waals surface area contributed by atoms with E-state index >= 15 is 0 Å². The van der Waals surface area contributed by atoms with Crippen LogP contribution in [0.3, 0.4) is 0 Å². The van der Waals surface area contributed by atoms with Crippen LogP contribution >= 0.6 is 11.3 Å². The zero-order valence-corrected chi connectivity index (χ0v) is 10.9. The molecule has 1 aliphatic carbocycles. The first kappa shape index (κ1) is 11.7. The summed E-state index contributed by atoms with van der Waals surface area (Å²) >= 11 is 1.58. The summed E-state index contributed by atoms with van der Waals surface area (Å²) in [6, 6.07) is 2.16. The molecule has 0 saturated carbocycles. The molecule has 0 aromatic carbocycles. The van der Waals surface area contributed by atoms with Gasteiger partial charge in [-0.15, -0.1) is 11.3 Å². The lowest BCUT2D eigenvalue weighted by Gasteiger charge is -2.10. The molecule has 1 aliphatic heterocycles. The van der Waals surface area contributed by atoms with Crippen LogP contribution in [0.15, 0.2) is 0 Å². The van der Waals surface area contributed by atoms with Crippen molar-refractivity contribution in [2.24, 2.45) is 0 Å². The molecule has 2 N–H and O–H groups in total. The molecule has 0 spiro atoms.